The summed E-state index contributed by atoms with van der Waals surface area (Å²) in [7, 11) is 0. The van der Waals surface area contributed by atoms with Crippen molar-refractivity contribution in [1.29, 1.82) is 0 Å². The Balaban J connectivity index is 1.54. The summed E-state index contributed by atoms with van der Waals surface area (Å²) >= 11 is 1.14. The van der Waals surface area contributed by atoms with E-state index in [-0.39, 0.29) is 40.6 Å². The summed E-state index contributed by atoms with van der Waals surface area (Å²) < 4.78 is 26.1. The van der Waals surface area contributed by atoms with E-state index < -0.39 is 17.4 Å². The van der Waals surface area contributed by atoms with Gasteiger partial charge in [0.15, 0.2) is 11.6 Å². The van der Waals surface area contributed by atoms with Gasteiger partial charge in [0.25, 0.3) is 0 Å². The highest BCUT2D eigenvalue weighted by molar-refractivity contribution is 8.04. The summed E-state index contributed by atoms with van der Waals surface area (Å²) in [5.74, 6) is -0.378. The molecule has 2 aliphatic rings. The number of aliphatic hydroxyl groups is 1. The Labute approximate surface area is 204 Å². The van der Waals surface area contributed by atoms with Crippen molar-refractivity contribution in [2.45, 2.75) is 75.4 Å². The van der Waals surface area contributed by atoms with Crippen molar-refractivity contribution in [3.8, 4) is 11.5 Å². The normalized spacial score (nSPS) is 21.2. The Morgan fingerprint density at radius 1 is 1.15 bits per heavy atom. The molecule has 182 valence electrons. The quantitative estimate of drug-likeness (QED) is 0.405. The number of phenols is 1. The number of hydrogen-bond acceptors (Lipinski definition) is 6. The summed E-state index contributed by atoms with van der Waals surface area (Å²) in [6.45, 7) is 3.70. The fraction of sp³-hybridized carbons (Fsp3) is 0.444. The number of rotatable bonds is 8. The second-order valence-corrected chi connectivity index (χ2v) is 10.5. The molecule has 1 unspecified atom stereocenters. The Kier molecular flexibility index (Phi) is 7.41. The predicted molar refractivity (Wildman–Crippen MR) is 130 cm³/mol. The van der Waals surface area contributed by atoms with Crippen molar-refractivity contribution in [3.63, 3.8) is 0 Å². The highest BCUT2D eigenvalue weighted by Crippen LogP contribution is 2.48. The van der Waals surface area contributed by atoms with Gasteiger partial charge in [0.2, 0.25) is 0 Å². The lowest BCUT2D eigenvalue weighted by atomic mass is 9.77. The third-order valence-corrected chi connectivity index (χ3v) is 7.68. The van der Waals surface area contributed by atoms with Crippen LogP contribution in [0.25, 0.3) is 0 Å². The third kappa shape index (κ3) is 5.52. The number of aliphatic hydroxyl groups excluding tert-OH is 1. The van der Waals surface area contributed by atoms with Crippen molar-refractivity contribution in [2.75, 3.05) is 0 Å². The lowest BCUT2D eigenvalue weighted by Gasteiger charge is -2.41. The number of phenolic OH excluding ortho intramolecular Hbond substituents is 1. The summed E-state index contributed by atoms with van der Waals surface area (Å²) in [6.07, 6.45) is 5.19. The Morgan fingerprint density at radius 2 is 1.85 bits per heavy atom. The van der Waals surface area contributed by atoms with Crippen LogP contribution >= 0.6 is 11.8 Å². The smallest absolute Gasteiger partial charge is 0.349 e. The molecule has 0 amide bonds. The van der Waals surface area contributed by atoms with Gasteiger partial charge >= 0.3 is 5.97 Å². The van der Waals surface area contributed by atoms with Crippen molar-refractivity contribution in [3.05, 3.63) is 64.5 Å². The number of cyclic esters (lactones) is 1. The average molecular weight is 487 g/mol. The molecule has 5 nitrogen and oxygen atoms in total. The highest BCUT2D eigenvalue weighted by atomic mass is 32.2. The first kappa shape index (κ1) is 24.5. The molecule has 1 heterocycles. The van der Waals surface area contributed by atoms with E-state index in [9.17, 15) is 19.4 Å². The molecule has 0 saturated heterocycles. The van der Waals surface area contributed by atoms with Gasteiger partial charge in [0.1, 0.15) is 22.0 Å². The maximum atomic E-state index is 14.5. The number of esters is 1. The number of aromatic hydroxyl groups is 1. The zero-order valence-corrected chi connectivity index (χ0v) is 20.4. The van der Waals surface area contributed by atoms with Gasteiger partial charge in [0.05, 0.1) is 6.10 Å². The number of aryl methyl sites for hydroxylation is 1. The number of ether oxygens (including phenoxy) is 2. The molecule has 2 N–H and O–H groups in total. The fourth-order valence-electron chi connectivity index (χ4n) is 4.91. The molecule has 7 heteroatoms. The fourth-order valence-corrected chi connectivity index (χ4v) is 5.73. The second kappa shape index (κ2) is 10.3. The standard InChI is InChI=1S/C27H31FO5S/c1-17(2)32-24-12-7-18(15-22(24)28)13-14-27(19-5-3-4-6-19)16-23(30)25(26(31)33-27)34-21-10-8-20(29)9-11-21/h7-12,15,17,19,29-30H,3-6,13-14,16H2,1-2H3. The molecular formula is C27H31FO5S. The van der Waals surface area contributed by atoms with Gasteiger partial charge in [-0.1, -0.05) is 30.7 Å². The minimum absolute atomic E-state index is 0.0353. The molecule has 2 aromatic carbocycles. The van der Waals surface area contributed by atoms with Crippen LogP contribution < -0.4 is 4.74 Å². The number of hydrogen-bond donors (Lipinski definition) is 2. The molecule has 0 radical (unpaired) electrons. The first-order valence-corrected chi connectivity index (χ1v) is 12.6. The number of thioether (sulfide) groups is 1. The van der Waals surface area contributed by atoms with Crippen molar-refractivity contribution < 1.29 is 28.9 Å². The van der Waals surface area contributed by atoms with Crippen LogP contribution in [0.5, 0.6) is 11.5 Å². The van der Waals surface area contributed by atoms with Gasteiger partial charge in [-0.25, -0.2) is 9.18 Å². The molecule has 1 aliphatic carbocycles. The first-order chi connectivity index (χ1) is 16.3. The zero-order valence-electron chi connectivity index (χ0n) is 19.6. The van der Waals surface area contributed by atoms with Crippen LogP contribution in [-0.4, -0.2) is 27.9 Å². The van der Waals surface area contributed by atoms with E-state index in [1.807, 2.05) is 19.9 Å². The van der Waals surface area contributed by atoms with Gasteiger partial charge in [-0.3, -0.25) is 0 Å². The monoisotopic (exact) mass is 486 g/mol. The van der Waals surface area contributed by atoms with Crippen LogP contribution in [0.15, 0.2) is 58.0 Å². The topological polar surface area (TPSA) is 76.0 Å². The van der Waals surface area contributed by atoms with E-state index >= 15 is 0 Å². The Morgan fingerprint density at radius 3 is 2.47 bits per heavy atom. The molecule has 1 atom stereocenters. The van der Waals surface area contributed by atoms with Gasteiger partial charge in [-0.05, 0) is 87.4 Å². The van der Waals surface area contributed by atoms with E-state index in [0.717, 1.165) is 47.9 Å². The van der Waals surface area contributed by atoms with Gasteiger partial charge in [-0.15, -0.1) is 0 Å². The van der Waals surface area contributed by atoms with Crippen molar-refractivity contribution in [2.24, 2.45) is 5.92 Å². The molecule has 0 bridgehead atoms. The summed E-state index contributed by atoms with van der Waals surface area (Å²) in [6, 6.07) is 11.4. The lowest BCUT2D eigenvalue weighted by molar-refractivity contribution is -0.166. The van der Waals surface area contributed by atoms with Gasteiger partial charge in [0, 0.05) is 11.3 Å². The minimum Gasteiger partial charge on any atom is -0.511 e. The van der Waals surface area contributed by atoms with E-state index in [4.69, 9.17) is 9.47 Å². The molecule has 34 heavy (non-hydrogen) atoms. The molecule has 0 spiro atoms. The largest absolute Gasteiger partial charge is 0.511 e. The predicted octanol–water partition coefficient (Wildman–Crippen LogP) is 6.69. The Hall–Kier alpha value is -2.67. The molecule has 1 aliphatic heterocycles. The maximum absolute atomic E-state index is 14.5. The van der Waals surface area contributed by atoms with Gasteiger partial charge in [-0.2, -0.15) is 0 Å². The molecule has 0 aromatic heterocycles. The van der Waals surface area contributed by atoms with Crippen LogP contribution in [-0.2, 0) is 16.0 Å². The SMILES string of the molecule is CC(C)Oc1ccc(CCC2(C3CCCC3)CC(O)=C(Sc3ccc(O)cc3)C(=O)O2)cc1F. The molecular weight excluding hydrogens is 455 g/mol. The highest BCUT2D eigenvalue weighted by Gasteiger charge is 2.48. The molecule has 1 fully saturated rings. The first-order valence-electron chi connectivity index (χ1n) is 11.8. The van der Waals surface area contributed by atoms with Crippen LogP contribution in [0.2, 0.25) is 0 Å². The van der Waals surface area contributed by atoms with E-state index in [2.05, 4.69) is 0 Å². The van der Waals surface area contributed by atoms with E-state index in [1.165, 1.54) is 18.2 Å². The number of halogens is 1. The molecule has 2 aromatic rings. The van der Waals surface area contributed by atoms with Gasteiger partial charge < -0.3 is 19.7 Å². The van der Waals surface area contributed by atoms with E-state index in [1.54, 1.807) is 18.2 Å². The van der Waals surface area contributed by atoms with Crippen LogP contribution in [0.4, 0.5) is 4.39 Å². The summed E-state index contributed by atoms with van der Waals surface area (Å²) in [4.78, 5) is 14.0. The second-order valence-electron chi connectivity index (χ2n) is 9.42. The number of benzene rings is 2. The Bertz CT molecular complexity index is 1060. The minimum atomic E-state index is -0.805. The summed E-state index contributed by atoms with van der Waals surface area (Å²) in [5.41, 5.74) is -0.00459. The van der Waals surface area contributed by atoms with E-state index in [0.29, 0.717) is 12.8 Å². The van der Waals surface area contributed by atoms with Crippen LogP contribution in [0.1, 0.15) is 57.9 Å². The zero-order chi connectivity index (χ0) is 24.3. The van der Waals surface area contributed by atoms with Crippen LogP contribution in [0.3, 0.4) is 0 Å². The molecule has 4 rings (SSSR count). The molecule has 1 saturated carbocycles. The maximum Gasteiger partial charge on any atom is 0.349 e. The lowest BCUT2D eigenvalue weighted by Crippen LogP contribution is -2.45. The number of carbonyl (C=O) groups excluding carboxylic acids is 1. The third-order valence-electron chi connectivity index (χ3n) is 6.56. The average Bonchev–Trinajstić information content (AvgIpc) is 3.33. The van der Waals surface area contributed by atoms with Crippen molar-refractivity contribution in [1.82, 2.24) is 0 Å². The van der Waals surface area contributed by atoms with Crippen molar-refractivity contribution >= 4 is 17.7 Å². The number of carbonyl (C=O) groups is 1. The summed E-state index contributed by atoms with van der Waals surface area (Å²) in [5, 5.41) is 20.4. The van der Waals surface area contributed by atoms with Crippen LogP contribution in [0, 0.1) is 11.7 Å².